The third-order valence-electron chi connectivity index (χ3n) is 4.14. The summed E-state index contributed by atoms with van der Waals surface area (Å²) in [6.45, 7) is 14.6. The summed E-state index contributed by atoms with van der Waals surface area (Å²) in [5, 5.41) is 3.52. The first-order valence-electron chi connectivity index (χ1n) is 9.09. The van der Waals surface area contributed by atoms with Gasteiger partial charge in [0.05, 0.1) is 6.61 Å². The molecule has 0 aromatic heterocycles. The second-order valence-electron chi connectivity index (χ2n) is 6.51. The lowest BCUT2D eigenvalue weighted by molar-refractivity contribution is 0.113. The molecule has 0 rings (SSSR count). The molecule has 0 amide bonds. The number of nitrogens with one attached hydrogen (secondary N) is 1. The summed E-state index contributed by atoms with van der Waals surface area (Å²) in [4.78, 5) is 2.63. The molecule has 0 radical (unpaired) electrons. The van der Waals surface area contributed by atoms with E-state index in [0.29, 0.717) is 0 Å². The molecule has 128 valence electrons. The Morgan fingerprint density at radius 3 is 2.19 bits per heavy atom. The van der Waals surface area contributed by atoms with Gasteiger partial charge in [-0.3, -0.25) is 4.90 Å². The summed E-state index contributed by atoms with van der Waals surface area (Å²) in [7, 11) is 1.80. The van der Waals surface area contributed by atoms with E-state index < -0.39 is 0 Å². The zero-order valence-electron chi connectivity index (χ0n) is 15.3. The Morgan fingerprint density at radius 1 is 0.952 bits per heavy atom. The molecule has 3 heteroatoms. The highest BCUT2D eigenvalue weighted by Crippen LogP contribution is 2.11. The van der Waals surface area contributed by atoms with Crippen LogP contribution in [0.25, 0.3) is 0 Å². The van der Waals surface area contributed by atoms with Crippen LogP contribution < -0.4 is 5.32 Å². The molecule has 0 aliphatic carbocycles. The van der Waals surface area contributed by atoms with Crippen molar-refractivity contribution in [2.75, 3.05) is 39.9 Å². The highest BCUT2D eigenvalue weighted by Gasteiger charge is 2.13. The van der Waals surface area contributed by atoms with Crippen molar-refractivity contribution in [1.82, 2.24) is 10.2 Å². The third-order valence-corrected chi connectivity index (χ3v) is 4.14. The first-order valence-corrected chi connectivity index (χ1v) is 9.09. The maximum Gasteiger partial charge on any atom is 0.0589 e. The normalized spacial score (nSPS) is 12.0. The van der Waals surface area contributed by atoms with Gasteiger partial charge in [-0.25, -0.2) is 0 Å². The highest BCUT2D eigenvalue weighted by molar-refractivity contribution is 4.69. The van der Waals surface area contributed by atoms with Crippen molar-refractivity contribution in [2.24, 2.45) is 5.92 Å². The average Bonchev–Trinajstić information content (AvgIpc) is 2.47. The summed E-state index contributed by atoms with van der Waals surface area (Å²) in [6.07, 6.45) is 7.85. The molecule has 3 nitrogen and oxygen atoms in total. The second-order valence-corrected chi connectivity index (χ2v) is 6.51. The van der Waals surface area contributed by atoms with Crippen molar-refractivity contribution in [3.63, 3.8) is 0 Å². The van der Waals surface area contributed by atoms with Gasteiger partial charge in [0.1, 0.15) is 0 Å². The molecule has 0 aliphatic heterocycles. The minimum Gasteiger partial charge on any atom is -0.383 e. The number of ether oxygens (including phenoxy) is 1. The second kappa shape index (κ2) is 14.8. The predicted octanol–water partition coefficient (Wildman–Crippen LogP) is 3.93. The van der Waals surface area contributed by atoms with E-state index in [2.05, 4.69) is 37.9 Å². The van der Waals surface area contributed by atoms with Gasteiger partial charge in [-0.15, -0.1) is 0 Å². The topological polar surface area (TPSA) is 24.5 Å². The predicted molar refractivity (Wildman–Crippen MR) is 94.0 cm³/mol. The van der Waals surface area contributed by atoms with Gasteiger partial charge in [-0.05, 0) is 51.2 Å². The fraction of sp³-hybridized carbons (Fsp3) is 1.00. The van der Waals surface area contributed by atoms with E-state index in [4.69, 9.17) is 4.74 Å². The summed E-state index contributed by atoms with van der Waals surface area (Å²) in [5.74, 6) is 0.763. The summed E-state index contributed by atoms with van der Waals surface area (Å²) in [5.41, 5.74) is 0. The third kappa shape index (κ3) is 12.1. The molecular formula is C18H40N2O. The quantitative estimate of drug-likeness (QED) is 0.464. The number of hydrogen-bond acceptors (Lipinski definition) is 3. The lowest BCUT2D eigenvalue weighted by Crippen LogP contribution is -2.37. The van der Waals surface area contributed by atoms with Crippen LogP contribution >= 0.6 is 0 Å². The molecule has 0 saturated carbocycles. The maximum atomic E-state index is 5.25. The SMILES string of the molecule is CCC(CC)N(CCCCCCNCC(C)C)CCOC. The van der Waals surface area contributed by atoms with E-state index in [0.717, 1.165) is 31.7 Å². The minimum atomic E-state index is 0.729. The summed E-state index contributed by atoms with van der Waals surface area (Å²) >= 11 is 0. The van der Waals surface area contributed by atoms with E-state index >= 15 is 0 Å². The van der Waals surface area contributed by atoms with Crippen molar-refractivity contribution in [3.8, 4) is 0 Å². The zero-order valence-corrected chi connectivity index (χ0v) is 15.3. The van der Waals surface area contributed by atoms with Gasteiger partial charge < -0.3 is 10.1 Å². The molecule has 0 unspecified atom stereocenters. The molecule has 0 fully saturated rings. The first kappa shape index (κ1) is 20.9. The van der Waals surface area contributed by atoms with Gasteiger partial charge in [0.15, 0.2) is 0 Å². The van der Waals surface area contributed by atoms with Crippen LogP contribution in [-0.4, -0.2) is 50.8 Å². The molecule has 0 heterocycles. The summed E-state index contributed by atoms with van der Waals surface area (Å²) in [6, 6.07) is 0.729. The lowest BCUT2D eigenvalue weighted by atomic mass is 10.1. The number of rotatable bonds is 15. The van der Waals surface area contributed by atoms with Crippen LogP contribution in [0.1, 0.15) is 66.2 Å². The van der Waals surface area contributed by atoms with Crippen LogP contribution in [0.5, 0.6) is 0 Å². The van der Waals surface area contributed by atoms with Crippen LogP contribution in [0.3, 0.4) is 0 Å². The Bertz CT molecular complexity index is 205. The lowest BCUT2D eigenvalue weighted by Gasteiger charge is -2.30. The smallest absolute Gasteiger partial charge is 0.0589 e. The zero-order chi connectivity index (χ0) is 15.9. The molecule has 0 aromatic carbocycles. The molecule has 0 spiro atoms. The van der Waals surface area contributed by atoms with Crippen LogP contribution in [0.15, 0.2) is 0 Å². The fourth-order valence-corrected chi connectivity index (χ4v) is 2.80. The van der Waals surface area contributed by atoms with Crippen molar-refractivity contribution >= 4 is 0 Å². The van der Waals surface area contributed by atoms with Crippen molar-refractivity contribution in [3.05, 3.63) is 0 Å². The van der Waals surface area contributed by atoms with Crippen LogP contribution in [0, 0.1) is 5.92 Å². The molecule has 0 atom stereocenters. The van der Waals surface area contributed by atoms with Crippen molar-refractivity contribution in [2.45, 2.75) is 72.3 Å². The van der Waals surface area contributed by atoms with E-state index in [1.165, 1.54) is 51.6 Å². The standard InChI is InChI=1S/C18H40N2O/c1-6-18(7-2)20(14-15-21-5)13-11-9-8-10-12-19-16-17(3)4/h17-19H,6-16H2,1-5H3. The largest absolute Gasteiger partial charge is 0.383 e. The Balaban J connectivity index is 3.67. The van der Waals surface area contributed by atoms with Gasteiger partial charge in [-0.1, -0.05) is 40.5 Å². The van der Waals surface area contributed by atoms with E-state index in [1.807, 2.05) is 0 Å². The Hall–Kier alpha value is -0.120. The monoisotopic (exact) mass is 300 g/mol. The fourth-order valence-electron chi connectivity index (χ4n) is 2.80. The van der Waals surface area contributed by atoms with Gasteiger partial charge in [0, 0.05) is 19.7 Å². The van der Waals surface area contributed by atoms with Crippen molar-refractivity contribution < 1.29 is 4.74 Å². The Kier molecular flexibility index (Phi) is 14.7. The number of methoxy groups -OCH3 is 1. The average molecular weight is 301 g/mol. The Labute approximate surface area is 133 Å². The summed E-state index contributed by atoms with van der Waals surface area (Å²) < 4.78 is 5.25. The number of unbranched alkanes of at least 4 members (excludes halogenated alkanes) is 3. The minimum absolute atomic E-state index is 0.729. The molecule has 0 aromatic rings. The molecule has 0 bridgehead atoms. The highest BCUT2D eigenvalue weighted by atomic mass is 16.5. The first-order chi connectivity index (χ1) is 10.2. The van der Waals surface area contributed by atoms with Gasteiger partial charge >= 0.3 is 0 Å². The van der Waals surface area contributed by atoms with E-state index in [1.54, 1.807) is 7.11 Å². The van der Waals surface area contributed by atoms with Crippen LogP contribution in [-0.2, 0) is 4.74 Å². The van der Waals surface area contributed by atoms with Gasteiger partial charge in [-0.2, -0.15) is 0 Å². The number of nitrogens with zero attached hydrogens (tertiary/aromatic N) is 1. The van der Waals surface area contributed by atoms with Gasteiger partial charge in [0.2, 0.25) is 0 Å². The van der Waals surface area contributed by atoms with E-state index in [-0.39, 0.29) is 0 Å². The molecule has 0 aliphatic rings. The number of hydrogen-bond donors (Lipinski definition) is 1. The van der Waals surface area contributed by atoms with E-state index in [9.17, 15) is 0 Å². The van der Waals surface area contributed by atoms with Crippen LogP contribution in [0.4, 0.5) is 0 Å². The maximum absolute atomic E-state index is 5.25. The van der Waals surface area contributed by atoms with Crippen LogP contribution in [0.2, 0.25) is 0 Å². The molecule has 0 saturated heterocycles. The molecule has 1 N–H and O–H groups in total. The van der Waals surface area contributed by atoms with Crippen molar-refractivity contribution in [1.29, 1.82) is 0 Å². The molecule has 21 heavy (non-hydrogen) atoms. The molecular weight excluding hydrogens is 260 g/mol. The Morgan fingerprint density at radius 2 is 1.62 bits per heavy atom. The van der Waals surface area contributed by atoms with Gasteiger partial charge in [0.25, 0.3) is 0 Å².